The summed E-state index contributed by atoms with van der Waals surface area (Å²) in [5, 5.41) is 11.1. The van der Waals surface area contributed by atoms with E-state index in [1.54, 1.807) is 25.3 Å². The highest BCUT2D eigenvalue weighted by atomic mass is 35.5. The van der Waals surface area contributed by atoms with Gasteiger partial charge in [0.05, 0.1) is 29.8 Å². The van der Waals surface area contributed by atoms with Gasteiger partial charge in [0.2, 0.25) is 10.0 Å². The van der Waals surface area contributed by atoms with Crippen molar-refractivity contribution in [2.75, 3.05) is 31.7 Å². The van der Waals surface area contributed by atoms with E-state index in [4.69, 9.17) is 21.1 Å². The van der Waals surface area contributed by atoms with Gasteiger partial charge in [-0.1, -0.05) is 29.8 Å². The molecule has 6 rings (SSSR count). The molecule has 0 aromatic heterocycles. The fraction of sp³-hybridized carbons (Fsp3) is 0.559. The lowest BCUT2D eigenvalue weighted by molar-refractivity contribution is 0.0456. The molecule has 1 fully saturated rings. The minimum Gasteiger partial charge on any atom is -0.490 e. The van der Waals surface area contributed by atoms with Gasteiger partial charge < -0.3 is 19.5 Å². The van der Waals surface area contributed by atoms with Crippen LogP contribution in [0.4, 0.5) is 5.69 Å². The molecule has 2 aromatic carbocycles. The number of aliphatic hydroxyl groups excluding tert-OH is 1. The molecule has 2 aliphatic heterocycles. The Labute approximate surface area is 265 Å². The molecule has 4 aliphatic rings. The van der Waals surface area contributed by atoms with Gasteiger partial charge in [-0.05, 0) is 112 Å². The Morgan fingerprint density at radius 1 is 1.20 bits per heavy atom. The SMILES string of the molecule is CO[C@H](C)C[C@@H]1CC/C=C/[C@H](O)[C@@H]2CC[C@H]2CN2C[C@@]3(CCCc4cc(Cl)ccc43)COc3ccc(cc32)C(=O)NS1(=O)=O. The fourth-order valence-electron chi connectivity index (χ4n) is 7.61. The van der Waals surface area contributed by atoms with Crippen LogP contribution in [0.2, 0.25) is 5.02 Å². The summed E-state index contributed by atoms with van der Waals surface area (Å²) in [6.45, 7) is 3.70. The standard InChI is InChI=1S/C34H43ClN2O6S/c1-22(42-2)16-27-7-3-4-8-31(38)28-12-9-25(28)19-37-20-34(15-5-6-23-17-26(35)11-13-29(23)34)21-43-32-14-10-24(18-30(32)37)33(39)36-44(27,40)41/h4,8,10-11,13-14,17-18,22,25,27-28,31,38H,3,5-7,9,12,15-16,19-21H2,1-2H3,(H,36,39)/b8-4+/t22-,25+,27+,28-,31+,34+/m1/s1. The Hall–Kier alpha value is -2.59. The lowest BCUT2D eigenvalue weighted by atomic mass is 9.68. The number of nitrogens with zero attached hydrogens (tertiary/aromatic N) is 1. The van der Waals surface area contributed by atoms with E-state index in [1.807, 2.05) is 25.1 Å². The summed E-state index contributed by atoms with van der Waals surface area (Å²) in [5.41, 5.74) is 3.27. The molecule has 238 valence electrons. The summed E-state index contributed by atoms with van der Waals surface area (Å²) in [5.74, 6) is 0.400. The number of aryl methyl sites for hydroxylation is 1. The molecular weight excluding hydrogens is 600 g/mol. The first-order valence-corrected chi connectivity index (χ1v) is 17.8. The largest absolute Gasteiger partial charge is 0.490 e. The van der Waals surface area contributed by atoms with Crippen LogP contribution in [0.1, 0.15) is 73.4 Å². The summed E-state index contributed by atoms with van der Waals surface area (Å²) < 4.78 is 41.3. The minimum atomic E-state index is -4.01. The van der Waals surface area contributed by atoms with Crippen LogP contribution < -0.4 is 14.4 Å². The Morgan fingerprint density at radius 2 is 2.05 bits per heavy atom. The second kappa shape index (κ2) is 12.7. The van der Waals surface area contributed by atoms with Gasteiger partial charge in [-0.25, -0.2) is 13.1 Å². The molecular formula is C34H43ClN2O6S. The number of carbonyl (C=O) groups is 1. The van der Waals surface area contributed by atoms with Crippen molar-refractivity contribution in [2.45, 2.75) is 81.2 Å². The lowest BCUT2D eigenvalue weighted by Gasteiger charge is -2.45. The van der Waals surface area contributed by atoms with E-state index in [0.717, 1.165) is 42.8 Å². The number of sulfonamides is 1. The van der Waals surface area contributed by atoms with Gasteiger partial charge in [0.15, 0.2) is 0 Å². The van der Waals surface area contributed by atoms with Crippen LogP contribution in [-0.4, -0.2) is 63.7 Å². The average Bonchev–Trinajstić information content (AvgIpc) is 3.12. The van der Waals surface area contributed by atoms with Gasteiger partial charge in [0, 0.05) is 36.2 Å². The Bertz CT molecular complexity index is 1530. The van der Waals surface area contributed by atoms with E-state index in [0.29, 0.717) is 38.3 Å². The predicted molar refractivity (Wildman–Crippen MR) is 172 cm³/mol. The third-order valence-corrected chi connectivity index (χ3v) is 12.3. The summed E-state index contributed by atoms with van der Waals surface area (Å²) in [6.07, 6.45) is 8.73. The van der Waals surface area contributed by atoms with Crippen molar-refractivity contribution in [3.63, 3.8) is 0 Å². The zero-order valence-corrected chi connectivity index (χ0v) is 27.1. The molecule has 2 bridgehead atoms. The van der Waals surface area contributed by atoms with E-state index in [2.05, 4.69) is 21.8 Å². The van der Waals surface area contributed by atoms with Gasteiger partial charge in [0.25, 0.3) is 5.91 Å². The number of methoxy groups -OCH3 is 1. The van der Waals surface area contributed by atoms with E-state index in [9.17, 15) is 18.3 Å². The summed E-state index contributed by atoms with van der Waals surface area (Å²) in [4.78, 5) is 15.8. The number of fused-ring (bicyclic) bond motifs is 4. The van der Waals surface area contributed by atoms with Crippen LogP contribution in [0.5, 0.6) is 5.75 Å². The summed E-state index contributed by atoms with van der Waals surface area (Å²) >= 11 is 6.40. The van der Waals surface area contributed by atoms with E-state index in [1.165, 1.54) is 11.1 Å². The van der Waals surface area contributed by atoms with Crippen LogP contribution in [0.3, 0.4) is 0 Å². The van der Waals surface area contributed by atoms with Crippen LogP contribution in [0, 0.1) is 11.8 Å². The van der Waals surface area contributed by atoms with E-state index >= 15 is 0 Å². The number of aliphatic hydroxyl groups is 1. The van der Waals surface area contributed by atoms with E-state index < -0.39 is 27.3 Å². The Balaban J connectivity index is 1.40. The number of hydrogen-bond acceptors (Lipinski definition) is 7. The molecule has 8 nitrogen and oxygen atoms in total. The van der Waals surface area contributed by atoms with Crippen molar-refractivity contribution < 1.29 is 27.8 Å². The van der Waals surface area contributed by atoms with Crippen molar-refractivity contribution in [3.8, 4) is 5.75 Å². The molecule has 2 heterocycles. The molecule has 10 heteroatoms. The first kappa shape index (κ1) is 31.4. The summed E-state index contributed by atoms with van der Waals surface area (Å²) in [7, 11) is -2.46. The van der Waals surface area contributed by atoms with Crippen LogP contribution >= 0.6 is 11.6 Å². The van der Waals surface area contributed by atoms with Crippen molar-refractivity contribution in [3.05, 3.63) is 70.3 Å². The Morgan fingerprint density at radius 3 is 2.82 bits per heavy atom. The smallest absolute Gasteiger partial charge is 0.264 e. The number of carbonyl (C=O) groups excluding carboxylic acids is 1. The van der Waals surface area contributed by atoms with Crippen LogP contribution in [-0.2, 0) is 26.6 Å². The quantitative estimate of drug-likeness (QED) is 0.432. The molecule has 2 aliphatic carbocycles. The number of benzene rings is 2. The predicted octanol–water partition coefficient (Wildman–Crippen LogP) is 5.40. The zero-order chi connectivity index (χ0) is 31.1. The maximum absolute atomic E-state index is 13.5. The molecule has 2 aromatic rings. The molecule has 2 N–H and O–H groups in total. The number of allylic oxidation sites excluding steroid dienone is 1. The highest BCUT2D eigenvalue weighted by molar-refractivity contribution is 7.90. The molecule has 0 saturated heterocycles. The second-order valence-electron chi connectivity index (χ2n) is 13.2. The lowest BCUT2D eigenvalue weighted by Crippen LogP contribution is -2.49. The molecule has 0 unspecified atom stereocenters. The average molecular weight is 643 g/mol. The molecule has 44 heavy (non-hydrogen) atoms. The number of halogens is 1. The highest BCUT2D eigenvalue weighted by Crippen LogP contribution is 2.46. The van der Waals surface area contributed by atoms with Gasteiger partial charge in [0.1, 0.15) is 5.75 Å². The number of anilines is 1. The topological polar surface area (TPSA) is 105 Å². The Kier molecular flexibility index (Phi) is 9.03. The van der Waals surface area contributed by atoms with Gasteiger partial charge in [-0.15, -0.1) is 0 Å². The number of ether oxygens (including phenoxy) is 2. The number of nitrogens with one attached hydrogen (secondary N) is 1. The third kappa shape index (κ3) is 6.26. The van der Waals surface area contributed by atoms with Crippen LogP contribution in [0.15, 0.2) is 48.6 Å². The van der Waals surface area contributed by atoms with Gasteiger partial charge in [-0.2, -0.15) is 0 Å². The van der Waals surface area contributed by atoms with Gasteiger partial charge >= 0.3 is 0 Å². The molecule has 0 radical (unpaired) electrons. The fourth-order valence-corrected chi connectivity index (χ4v) is 9.32. The molecule has 1 saturated carbocycles. The highest BCUT2D eigenvalue weighted by Gasteiger charge is 2.44. The zero-order valence-electron chi connectivity index (χ0n) is 25.5. The molecule has 1 amide bonds. The molecule has 6 atom stereocenters. The normalized spacial score (nSPS) is 31.4. The monoisotopic (exact) mass is 642 g/mol. The van der Waals surface area contributed by atoms with Crippen molar-refractivity contribution in [2.24, 2.45) is 11.8 Å². The van der Waals surface area contributed by atoms with E-state index in [-0.39, 0.29) is 35.3 Å². The maximum Gasteiger partial charge on any atom is 0.264 e. The molecule has 1 spiro atoms. The number of amides is 1. The number of rotatable bonds is 3. The van der Waals surface area contributed by atoms with Gasteiger partial charge in [-0.3, -0.25) is 4.79 Å². The first-order valence-electron chi connectivity index (χ1n) is 15.8. The van der Waals surface area contributed by atoms with Crippen LogP contribution in [0.25, 0.3) is 0 Å². The van der Waals surface area contributed by atoms with Crippen molar-refractivity contribution in [1.82, 2.24) is 4.72 Å². The minimum absolute atomic E-state index is 0.111. The van der Waals surface area contributed by atoms with Crippen molar-refractivity contribution in [1.29, 1.82) is 0 Å². The van der Waals surface area contributed by atoms with Crippen molar-refractivity contribution >= 4 is 33.2 Å². The third-order valence-electron chi connectivity index (χ3n) is 10.3. The summed E-state index contributed by atoms with van der Waals surface area (Å²) in [6, 6.07) is 11.4. The number of hydrogen-bond donors (Lipinski definition) is 2. The maximum atomic E-state index is 13.5. The first-order chi connectivity index (χ1) is 21.1. The second-order valence-corrected chi connectivity index (χ2v) is 15.6.